The molecule has 5 heteroatoms. The van der Waals surface area contributed by atoms with Crippen LogP contribution in [-0.4, -0.2) is 15.9 Å². The van der Waals surface area contributed by atoms with Gasteiger partial charge in [-0.05, 0) is 35.2 Å². The number of carbonyl (C=O) groups is 1. The van der Waals surface area contributed by atoms with Crippen molar-refractivity contribution in [1.82, 2.24) is 9.97 Å². The average Bonchev–Trinajstić information content (AvgIpc) is 3.03. The minimum absolute atomic E-state index is 0.179. The number of amides is 1. The Hall–Kier alpha value is -2.53. The van der Waals surface area contributed by atoms with Crippen molar-refractivity contribution in [2.45, 2.75) is 0 Å². The lowest BCUT2D eigenvalue weighted by atomic mass is 10.1. The van der Waals surface area contributed by atoms with Gasteiger partial charge in [-0.2, -0.15) is 0 Å². The first kappa shape index (κ1) is 12.5. The third kappa shape index (κ3) is 2.73. The summed E-state index contributed by atoms with van der Waals surface area (Å²) in [5.41, 5.74) is 1.71. The zero-order chi connectivity index (χ0) is 13.8. The standard InChI is InChI=1S/C15H11N3OS/c19-15(18-14-7-8-16-10-17-14)12-5-3-11(4-6-12)13-2-1-9-20-13/h1-10H,(H,16,17,18,19). The van der Waals surface area contributed by atoms with Gasteiger partial charge in [0.15, 0.2) is 0 Å². The second-order valence-corrected chi connectivity index (χ2v) is 5.05. The van der Waals surface area contributed by atoms with E-state index in [-0.39, 0.29) is 5.91 Å². The Morgan fingerprint density at radius 2 is 1.95 bits per heavy atom. The molecule has 2 heterocycles. The van der Waals surface area contributed by atoms with Crippen LogP contribution < -0.4 is 5.32 Å². The van der Waals surface area contributed by atoms with E-state index in [1.54, 1.807) is 23.6 Å². The lowest BCUT2D eigenvalue weighted by molar-refractivity contribution is 0.102. The predicted molar refractivity (Wildman–Crippen MR) is 79.7 cm³/mol. The summed E-state index contributed by atoms with van der Waals surface area (Å²) in [7, 11) is 0. The Bertz CT molecular complexity index is 694. The summed E-state index contributed by atoms with van der Waals surface area (Å²) in [5.74, 6) is 0.314. The van der Waals surface area contributed by atoms with Gasteiger partial charge in [0, 0.05) is 16.6 Å². The summed E-state index contributed by atoms with van der Waals surface area (Å²) < 4.78 is 0. The number of hydrogen-bond donors (Lipinski definition) is 1. The van der Waals surface area contributed by atoms with Crippen LogP contribution in [0.2, 0.25) is 0 Å². The van der Waals surface area contributed by atoms with Gasteiger partial charge in [-0.25, -0.2) is 9.97 Å². The van der Waals surface area contributed by atoms with Crippen LogP contribution in [0.1, 0.15) is 10.4 Å². The van der Waals surface area contributed by atoms with E-state index < -0.39 is 0 Å². The lowest BCUT2D eigenvalue weighted by Crippen LogP contribution is -2.12. The molecule has 0 saturated heterocycles. The summed E-state index contributed by atoms with van der Waals surface area (Å²) in [4.78, 5) is 21.0. The maximum Gasteiger partial charge on any atom is 0.256 e. The van der Waals surface area contributed by atoms with Gasteiger partial charge < -0.3 is 5.32 Å². The number of aromatic nitrogens is 2. The zero-order valence-corrected chi connectivity index (χ0v) is 11.3. The number of anilines is 1. The van der Waals surface area contributed by atoms with E-state index in [1.807, 2.05) is 35.7 Å². The smallest absolute Gasteiger partial charge is 0.256 e. The molecule has 3 aromatic rings. The molecule has 0 aliphatic heterocycles. The van der Waals surface area contributed by atoms with E-state index in [0.717, 1.165) is 5.56 Å². The van der Waals surface area contributed by atoms with Crippen LogP contribution in [0.15, 0.2) is 60.4 Å². The molecule has 0 aliphatic carbocycles. The molecule has 0 atom stereocenters. The van der Waals surface area contributed by atoms with E-state index in [0.29, 0.717) is 11.4 Å². The van der Waals surface area contributed by atoms with Crippen molar-refractivity contribution in [3.63, 3.8) is 0 Å². The fourth-order valence-corrected chi connectivity index (χ4v) is 2.51. The van der Waals surface area contributed by atoms with Crippen LogP contribution in [0.4, 0.5) is 5.82 Å². The molecule has 3 rings (SSSR count). The fraction of sp³-hybridized carbons (Fsp3) is 0. The van der Waals surface area contributed by atoms with Crippen molar-refractivity contribution >= 4 is 23.1 Å². The molecule has 0 unspecified atom stereocenters. The summed E-state index contributed by atoms with van der Waals surface area (Å²) in [6.07, 6.45) is 2.98. The Labute approximate surface area is 120 Å². The van der Waals surface area contributed by atoms with E-state index in [1.165, 1.54) is 11.2 Å². The predicted octanol–water partition coefficient (Wildman–Crippen LogP) is 3.46. The first-order valence-corrected chi connectivity index (χ1v) is 6.92. The SMILES string of the molecule is O=C(Nc1ccncn1)c1ccc(-c2cccs2)cc1. The molecular weight excluding hydrogens is 270 g/mol. The topological polar surface area (TPSA) is 54.9 Å². The lowest BCUT2D eigenvalue weighted by Gasteiger charge is -2.04. The highest BCUT2D eigenvalue weighted by Crippen LogP contribution is 2.24. The van der Waals surface area contributed by atoms with Crippen LogP contribution in [0.25, 0.3) is 10.4 Å². The molecule has 0 fully saturated rings. The minimum atomic E-state index is -0.179. The number of thiophene rings is 1. The highest BCUT2D eigenvalue weighted by molar-refractivity contribution is 7.13. The van der Waals surface area contributed by atoms with Gasteiger partial charge in [-0.1, -0.05) is 18.2 Å². The van der Waals surface area contributed by atoms with E-state index in [9.17, 15) is 4.79 Å². The molecule has 0 aliphatic rings. The van der Waals surface area contributed by atoms with Crippen LogP contribution >= 0.6 is 11.3 Å². The summed E-state index contributed by atoms with van der Waals surface area (Å²) in [6.45, 7) is 0. The Morgan fingerprint density at radius 3 is 2.60 bits per heavy atom. The highest BCUT2D eigenvalue weighted by atomic mass is 32.1. The van der Waals surface area contributed by atoms with Gasteiger partial charge in [-0.15, -0.1) is 11.3 Å². The van der Waals surface area contributed by atoms with Gasteiger partial charge >= 0.3 is 0 Å². The molecular formula is C15H11N3OS. The quantitative estimate of drug-likeness (QED) is 0.800. The maximum atomic E-state index is 12.0. The van der Waals surface area contributed by atoms with Gasteiger partial charge in [0.2, 0.25) is 0 Å². The van der Waals surface area contributed by atoms with Crippen molar-refractivity contribution in [1.29, 1.82) is 0 Å². The van der Waals surface area contributed by atoms with Crippen LogP contribution in [0, 0.1) is 0 Å². The number of rotatable bonds is 3. The van der Waals surface area contributed by atoms with E-state index >= 15 is 0 Å². The second kappa shape index (κ2) is 5.63. The van der Waals surface area contributed by atoms with Crippen molar-refractivity contribution in [2.24, 2.45) is 0 Å². The molecule has 20 heavy (non-hydrogen) atoms. The largest absolute Gasteiger partial charge is 0.306 e. The molecule has 0 spiro atoms. The number of nitrogens with one attached hydrogen (secondary N) is 1. The summed E-state index contributed by atoms with van der Waals surface area (Å²) >= 11 is 1.68. The first-order valence-electron chi connectivity index (χ1n) is 6.04. The third-order valence-corrected chi connectivity index (χ3v) is 3.70. The van der Waals surface area contributed by atoms with Crippen LogP contribution in [-0.2, 0) is 0 Å². The number of hydrogen-bond acceptors (Lipinski definition) is 4. The molecule has 1 N–H and O–H groups in total. The summed E-state index contributed by atoms with van der Waals surface area (Å²) in [5, 5.41) is 4.76. The molecule has 4 nitrogen and oxygen atoms in total. The number of nitrogens with zero attached hydrogens (tertiary/aromatic N) is 2. The normalized spacial score (nSPS) is 10.2. The number of carbonyl (C=O) groups excluding carboxylic acids is 1. The first-order chi connectivity index (χ1) is 9.83. The second-order valence-electron chi connectivity index (χ2n) is 4.10. The molecule has 0 radical (unpaired) electrons. The van der Waals surface area contributed by atoms with E-state index in [4.69, 9.17) is 0 Å². The molecule has 0 bridgehead atoms. The molecule has 1 aromatic carbocycles. The van der Waals surface area contributed by atoms with Gasteiger partial charge in [-0.3, -0.25) is 4.79 Å². The number of benzene rings is 1. The molecule has 98 valence electrons. The highest BCUT2D eigenvalue weighted by Gasteiger charge is 2.07. The van der Waals surface area contributed by atoms with Gasteiger partial charge in [0.1, 0.15) is 12.1 Å². The van der Waals surface area contributed by atoms with Crippen molar-refractivity contribution in [3.8, 4) is 10.4 Å². The maximum absolute atomic E-state index is 12.0. The van der Waals surface area contributed by atoms with Crippen molar-refractivity contribution in [3.05, 3.63) is 65.9 Å². The Kier molecular flexibility index (Phi) is 3.52. The van der Waals surface area contributed by atoms with Crippen molar-refractivity contribution in [2.75, 3.05) is 5.32 Å². The monoisotopic (exact) mass is 281 g/mol. The van der Waals surface area contributed by atoms with Crippen LogP contribution in [0.3, 0.4) is 0 Å². The fourth-order valence-electron chi connectivity index (χ4n) is 1.78. The Balaban J connectivity index is 1.76. The minimum Gasteiger partial charge on any atom is -0.306 e. The average molecular weight is 281 g/mol. The Morgan fingerprint density at radius 1 is 1.10 bits per heavy atom. The van der Waals surface area contributed by atoms with Gasteiger partial charge in [0.05, 0.1) is 0 Å². The van der Waals surface area contributed by atoms with Gasteiger partial charge in [0.25, 0.3) is 5.91 Å². The third-order valence-electron chi connectivity index (χ3n) is 2.78. The van der Waals surface area contributed by atoms with Crippen LogP contribution in [0.5, 0.6) is 0 Å². The van der Waals surface area contributed by atoms with Crippen molar-refractivity contribution < 1.29 is 4.79 Å². The summed E-state index contributed by atoms with van der Waals surface area (Å²) in [6, 6.07) is 13.2. The molecule has 2 aromatic heterocycles. The molecule has 1 amide bonds. The molecule has 0 saturated carbocycles. The zero-order valence-electron chi connectivity index (χ0n) is 10.5. The van der Waals surface area contributed by atoms with E-state index in [2.05, 4.69) is 21.4 Å².